The van der Waals surface area contributed by atoms with Crippen molar-refractivity contribution in [3.05, 3.63) is 93.1 Å². The molecule has 304 valence electrons. The first-order valence-electron chi connectivity index (χ1n) is 19.9. The second-order valence-electron chi connectivity index (χ2n) is 17.9. The highest BCUT2D eigenvalue weighted by atomic mass is 35.5. The first-order valence-corrected chi connectivity index (χ1v) is 27.6. The highest BCUT2D eigenvalue weighted by Crippen LogP contribution is 2.57. The summed E-state index contributed by atoms with van der Waals surface area (Å²) in [4.78, 5) is 22.2. The molecule has 0 aliphatic carbocycles. The van der Waals surface area contributed by atoms with Crippen LogP contribution in [0, 0.1) is 0 Å². The molecule has 2 heterocycles. The summed E-state index contributed by atoms with van der Waals surface area (Å²) in [6.45, 7) is 30.0. The van der Waals surface area contributed by atoms with Gasteiger partial charge in [-0.05, 0) is 82.5 Å². The smallest absolute Gasteiger partial charge is 0.261 e. The summed E-state index contributed by atoms with van der Waals surface area (Å²) in [6.07, 6.45) is 1.73. The zero-order valence-corrected chi connectivity index (χ0v) is 40.0. The van der Waals surface area contributed by atoms with Gasteiger partial charge in [0.25, 0.3) is 22.5 Å². The fourth-order valence-electron chi connectivity index (χ4n) is 9.89. The second kappa shape index (κ2) is 16.2. The number of carbonyl (C=O) groups is 1. The highest BCUT2D eigenvalue weighted by molar-refractivity contribution is 7.70. The Morgan fingerprint density at radius 2 is 1.21 bits per heavy atom. The van der Waals surface area contributed by atoms with E-state index >= 15 is 4.79 Å². The summed E-state index contributed by atoms with van der Waals surface area (Å²) in [5, 5.41) is 16.1. The number of aromatic nitrogens is 1. The van der Waals surface area contributed by atoms with Crippen molar-refractivity contribution >= 4 is 69.1 Å². The number of hydrogen-bond acceptors (Lipinski definition) is 6. The first kappa shape index (κ1) is 44.4. The highest BCUT2D eigenvalue weighted by Gasteiger charge is 2.58. The summed E-state index contributed by atoms with van der Waals surface area (Å²) in [5.41, 5.74) is 1.23. The van der Waals surface area contributed by atoms with E-state index in [1.807, 2.05) is 12.1 Å². The molecule has 12 heteroatoms. The number of carbonyl (C=O) groups excluding carboxylic acids is 1. The predicted octanol–water partition coefficient (Wildman–Crippen LogP) is 12.7. The third-order valence-corrected chi connectivity index (χ3v) is 26.2. The third kappa shape index (κ3) is 7.43. The zero-order chi connectivity index (χ0) is 41.9. The summed E-state index contributed by atoms with van der Waals surface area (Å²) >= 11 is 13.1. The van der Waals surface area contributed by atoms with E-state index in [1.54, 1.807) is 62.0 Å². The molecular formula is C44H61Cl2N2O5PSi2. The normalized spacial score (nSPS) is 16.8. The van der Waals surface area contributed by atoms with Crippen LogP contribution < -0.4 is 14.2 Å². The van der Waals surface area contributed by atoms with Gasteiger partial charge in [-0.1, -0.05) is 131 Å². The van der Waals surface area contributed by atoms with E-state index in [0.29, 0.717) is 54.4 Å². The molecule has 1 aromatic heterocycles. The number of benzene rings is 3. The minimum Gasteiger partial charge on any atom is -0.542 e. The maximum Gasteiger partial charge on any atom is 0.261 e. The lowest BCUT2D eigenvalue weighted by Gasteiger charge is -2.44. The van der Waals surface area contributed by atoms with Gasteiger partial charge >= 0.3 is 0 Å². The Labute approximate surface area is 347 Å². The van der Waals surface area contributed by atoms with Crippen LogP contribution in [0.5, 0.6) is 11.5 Å². The lowest BCUT2D eigenvalue weighted by molar-refractivity contribution is -0.0549. The number of nitrogens with zero attached hydrogens (tertiary/aromatic N) is 2. The van der Waals surface area contributed by atoms with Gasteiger partial charge in [-0.25, -0.2) is 0 Å². The number of amides is 1. The van der Waals surface area contributed by atoms with Crippen LogP contribution in [-0.2, 0) is 16.8 Å². The van der Waals surface area contributed by atoms with E-state index in [1.165, 1.54) is 4.90 Å². The molecule has 1 aliphatic rings. The summed E-state index contributed by atoms with van der Waals surface area (Å²) in [7, 11) is -8.13. The standard InChI is InChI=1S/C44H61Cl2N2O5PSi2/c1-26(2)55(27(3)4,28(5)6)52-41-37-16-15-21-47-40(37)42(53-56(29(7)8,30(9)10)31(11)12)38-39(41)44(50,33-17-19-36(20-18-33)54(13,14)51)48(43(38)49)25-32-22-34(45)24-35(46)23-32/h15-24,26-31,50H,25H2,1-14H3. The third-order valence-electron chi connectivity index (χ3n) is 12.3. The fraction of sp³-hybridized carbons (Fsp3) is 0.500. The van der Waals surface area contributed by atoms with E-state index in [2.05, 4.69) is 83.1 Å². The summed E-state index contributed by atoms with van der Waals surface area (Å²) in [6, 6.07) is 16.1. The van der Waals surface area contributed by atoms with Crippen LogP contribution in [0.4, 0.5) is 0 Å². The summed E-state index contributed by atoms with van der Waals surface area (Å²) in [5.74, 6) is 0.416. The first-order chi connectivity index (χ1) is 26.0. The van der Waals surface area contributed by atoms with E-state index in [0.717, 1.165) is 0 Å². The monoisotopic (exact) mass is 854 g/mol. The van der Waals surface area contributed by atoms with Gasteiger partial charge in [-0.3, -0.25) is 14.7 Å². The molecule has 1 atom stereocenters. The maximum atomic E-state index is 15.7. The molecule has 3 aromatic carbocycles. The van der Waals surface area contributed by atoms with Crippen LogP contribution >= 0.6 is 30.3 Å². The van der Waals surface area contributed by atoms with Crippen molar-refractivity contribution in [2.24, 2.45) is 0 Å². The Kier molecular flexibility index (Phi) is 12.8. The molecule has 7 nitrogen and oxygen atoms in total. The molecule has 4 aromatic rings. The van der Waals surface area contributed by atoms with Gasteiger partial charge in [-0.15, -0.1) is 0 Å². The topological polar surface area (TPSA) is 89.0 Å². The molecule has 5 rings (SSSR count). The average molecular weight is 856 g/mol. The maximum absolute atomic E-state index is 15.7. The van der Waals surface area contributed by atoms with E-state index < -0.39 is 35.4 Å². The quantitative estimate of drug-likeness (QED) is 0.100. The largest absolute Gasteiger partial charge is 0.542 e. The molecule has 0 saturated heterocycles. The van der Waals surface area contributed by atoms with Gasteiger partial charge in [0, 0.05) is 39.0 Å². The molecule has 1 amide bonds. The Bertz CT molecular complexity index is 2090. The summed E-state index contributed by atoms with van der Waals surface area (Å²) < 4.78 is 28.5. The zero-order valence-electron chi connectivity index (χ0n) is 35.6. The Balaban J connectivity index is 2.02. The minimum atomic E-state index is -2.75. The van der Waals surface area contributed by atoms with Crippen LogP contribution in [0.3, 0.4) is 0 Å². The molecule has 0 spiro atoms. The Morgan fingerprint density at radius 3 is 1.66 bits per heavy atom. The van der Waals surface area contributed by atoms with Gasteiger partial charge in [0.2, 0.25) is 0 Å². The Hall–Kier alpha value is -2.66. The van der Waals surface area contributed by atoms with E-state index in [4.69, 9.17) is 37.0 Å². The average Bonchev–Trinajstić information content (AvgIpc) is 3.31. The number of rotatable bonds is 14. The second-order valence-corrected chi connectivity index (χ2v) is 32.7. The van der Waals surface area contributed by atoms with Crippen LogP contribution in [0.15, 0.2) is 60.8 Å². The number of pyridine rings is 1. The number of hydrogen-bond donors (Lipinski definition) is 1. The Morgan fingerprint density at radius 1 is 0.750 bits per heavy atom. The molecule has 1 aliphatic heterocycles. The molecule has 0 saturated carbocycles. The number of fused-ring (bicyclic) bond motifs is 2. The lowest BCUT2D eigenvalue weighted by atomic mass is 9.90. The van der Waals surface area contributed by atoms with E-state index in [-0.39, 0.29) is 45.4 Å². The molecule has 0 bridgehead atoms. The number of aliphatic hydroxyl groups is 1. The molecular weight excluding hydrogens is 795 g/mol. The van der Waals surface area contributed by atoms with Crippen LogP contribution in [-0.4, -0.2) is 50.9 Å². The van der Waals surface area contributed by atoms with Crippen LogP contribution in [0.25, 0.3) is 10.9 Å². The van der Waals surface area contributed by atoms with Crippen molar-refractivity contribution in [3.63, 3.8) is 0 Å². The molecule has 1 N–H and O–H groups in total. The van der Waals surface area contributed by atoms with Crippen molar-refractivity contribution < 1.29 is 23.3 Å². The van der Waals surface area contributed by atoms with Crippen molar-refractivity contribution in [2.75, 3.05) is 13.3 Å². The van der Waals surface area contributed by atoms with Gasteiger partial charge in [-0.2, -0.15) is 0 Å². The molecule has 0 radical (unpaired) electrons. The van der Waals surface area contributed by atoms with Crippen molar-refractivity contribution in [1.82, 2.24) is 9.88 Å². The molecule has 1 unspecified atom stereocenters. The predicted molar refractivity (Wildman–Crippen MR) is 240 cm³/mol. The fourth-order valence-corrected chi connectivity index (χ4v) is 21.9. The van der Waals surface area contributed by atoms with Gasteiger partial charge in [0.1, 0.15) is 24.2 Å². The van der Waals surface area contributed by atoms with Crippen molar-refractivity contribution in [3.8, 4) is 11.5 Å². The SMILES string of the molecule is CC(C)[Si](Oc1c2c(c(O[Si](C(C)C)(C(C)C)C(C)C)c3ncccc13)C(=O)N(Cc1cc(Cl)cc(Cl)c1)C2(O)c1ccc(P(C)(C)=O)cc1)(C(C)C)C(C)C. The van der Waals surface area contributed by atoms with E-state index in [9.17, 15) is 9.67 Å². The van der Waals surface area contributed by atoms with Crippen LogP contribution in [0.1, 0.15) is 110 Å². The van der Waals surface area contributed by atoms with Gasteiger partial charge in [0.15, 0.2) is 5.72 Å². The molecule has 0 fully saturated rings. The van der Waals surface area contributed by atoms with Crippen LogP contribution in [0.2, 0.25) is 43.3 Å². The van der Waals surface area contributed by atoms with Crippen molar-refractivity contribution in [2.45, 2.75) is 129 Å². The minimum absolute atomic E-state index is 0.0308. The molecule has 56 heavy (non-hydrogen) atoms. The van der Waals surface area contributed by atoms with Crippen molar-refractivity contribution in [1.29, 1.82) is 0 Å². The van der Waals surface area contributed by atoms with Gasteiger partial charge in [0.05, 0.1) is 11.1 Å². The number of halogens is 2. The van der Waals surface area contributed by atoms with Gasteiger partial charge < -0.3 is 18.5 Å². The lowest BCUT2D eigenvalue weighted by Crippen LogP contribution is -2.51.